The number of hydrogen-bond donors (Lipinski definition) is 1. The van der Waals surface area contributed by atoms with Crippen molar-refractivity contribution in [2.45, 2.75) is 20.3 Å². The van der Waals surface area contributed by atoms with Crippen molar-refractivity contribution in [3.63, 3.8) is 0 Å². The van der Waals surface area contributed by atoms with Gasteiger partial charge in [0.25, 0.3) is 0 Å². The monoisotopic (exact) mass is 185 g/mol. The van der Waals surface area contributed by atoms with Crippen LogP contribution in [0.1, 0.15) is 20.3 Å². The van der Waals surface area contributed by atoms with Crippen molar-refractivity contribution in [1.29, 1.82) is 0 Å². The van der Waals surface area contributed by atoms with E-state index in [1.807, 2.05) is 0 Å². The van der Waals surface area contributed by atoms with Crippen LogP contribution in [0.2, 0.25) is 0 Å². The van der Waals surface area contributed by atoms with E-state index in [0.717, 1.165) is 0 Å². The summed E-state index contributed by atoms with van der Waals surface area (Å²) < 4.78 is 0. The van der Waals surface area contributed by atoms with Gasteiger partial charge in [0.2, 0.25) is 11.8 Å². The van der Waals surface area contributed by atoms with E-state index in [9.17, 15) is 9.59 Å². The molecule has 0 radical (unpaired) electrons. The van der Waals surface area contributed by atoms with E-state index in [1.54, 1.807) is 13.8 Å². The van der Waals surface area contributed by atoms with Gasteiger partial charge in [0.1, 0.15) is 0 Å². The molecular weight excluding hydrogens is 170 g/mol. The highest BCUT2D eigenvalue weighted by atomic mass is 16.3. The first-order valence-electron chi connectivity index (χ1n) is 4.55. The first-order valence-corrected chi connectivity index (χ1v) is 4.55. The van der Waals surface area contributed by atoms with Crippen LogP contribution in [0.5, 0.6) is 0 Å². The zero-order valence-electron chi connectivity index (χ0n) is 7.99. The van der Waals surface area contributed by atoms with Gasteiger partial charge < -0.3 is 5.11 Å². The Bertz CT molecular complexity index is 207. The van der Waals surface area contributed by atoms with Gasteiger partial charge in [0.05, 0.1) is 0 Å². The van der Waals surface area contributed by atoms with Crippen molar-refractivity contribution < 1.29 is 14.7 Å². The molecule has 1 heterocycles. The Morgan fingerprint density at radius 2 is 1.69 bits per heavy atom. The van der Waals surface area contributed by atoms with Crippen molar-refractivity contribution in [3.05, 3.63) is 0 Å². The summed E-state index contributed by atoms with van der Waals surface area (Å²) in [7, 11) is 0. The van der Waals surface area contributed by atoms with Gasteiger partial charge in [0.15, 0.2) is 0 Å². The van der Waals surface area contributed by atoms with E-state index in [1.165, 1.54) is 4.90 Å². The number of imide groups is 1. The molecule has 74 valence electrons. The number of rotatable bonds is 3. The lowest BCUT2D eigenvalue weighted by Crippen LogP contribution is -2.32. The number of likely N-dealkylation sites (tertiary alicyclic amines) is 1. The van der Waals surface area contributed by atoms with Gasteiger partial charge in [-0.2, -0.15) is 0 Å². The molecule has 0 aliphatic carbocycles. The van der Waals surface area contributed by atoms with E-state index >= 15 is 0 Å². The average Bonchev–Trinajstić information content (AvgIpc) is 2.30. The maximum Gasteiger partial charge on any atom is 0.232 e. The summed E-state index contributed by atoms with van der Waals surface area (Å²) in [5.41, 5.74) is 0. The van der Waals surface area contributed by atoms with Gasteiger partial charge >= 0.3 is 0 Å². The molecule has 1 N–H and O–H groups in total. The third-order valence-corrected chi connectivity index (χ3v) is 2.60. The molecule has 0 aromatic heterocycles. The molecule has 0 saturated carbocycles. The standard InChI is InChI=1S/C9H15NO3/c1-6-7(2)9(13)10(8(6)12)4-3-5-11/h6-7,11H,3-5H2,1-2H3. The van der Waals surface area contributed by atoms with Crippen molar-refractivity contribution in [1.82, 2.24) is 4.90 Å². The minimum absolute atomic E-state index is 0.0137. The first kappa shape index (κ1) is 10.2. The molecule has 1 rings (SSSR count). The zero-order valence-corrected chi connectivity index (χ0v) is 7.99. The van der Waals surface area contributed by atoms with Gasteiger partial charge in [-0.05, 0) is 6.42 Å². The molecule has 1 aliphatic heterocycles. The Kier molecular flexibility index (Phi) is 3.03. The predicted octanol–water partition coefficient (Wildman–Crippen LogP) is 0.00980. The van der Waals surface area contributed by atoms with E-state index in [2.05, 4.69) is 0 Å². The number of carbonyl (C=O) groups is 2. The maximum absolute atomic E-state index is 11.5. The third kappa shape index (κ3) is 1.72. The van der Waals surface area contributed by atoms with Crippen LogP contribution in [0.25, 0.3) is 0 Å². The average molecular weight is 185 g/mol. The van der Waals surface area contributed by atoms with Crippen LogP contribution in [-0.4, -0.2) is 35.0 Å². The number of amides is 2. The van der Waals surface area contributed by atoms with E-state index in [-0.39, 0.29) is 30.3 Å². The molecule has 0 aromatic rings. The summed E-state index contributed by atoms with van der Waals surface area (Å²) in [5.74, 6) is -0.616. The molecule has 2 atom stereocenters. The lowest BCUT2D eigenvalue weighted by molar-refractivity contribution is -0.139. The van der Waals surface area contributed by atoms with Gasteiger partial charge in [-0.15, -0.1) is 0 Å². The molecule has 0 aromatic carbocycles. The van der Waals surface area contributed by atoms with Gasteiger partial charge in [-0.3, -0.25) is 14.5 Å². The van der Waals surface area contributed by atoms with Crippen LogP contribution < -0.4 is 0 Å². The summed E-state index contributed by atoms with van der Waals surface area (Å²) in [5, 5.41) is 8.58. The molecule has 2 amide bonds. The second kappa shape index (κ2) is 3.87. The van der Waals surface area contributed by atoms with E-state index < -0.39 is 0 Å². The second-order valence-electron chi connectivity index (χ2n) is 3.48. The Balaban J connectivity index is 2.64. The van der Waals surface area contributed by atoms with Crippen molar-refractivity contribution in [3.8, 4) is 0 Å². The zero-order chi connectivity index (χ0) is 10.0. The largest absolute Gasteiger partial charge is 0.396 e. The fourth-order valence-corrected chi connectivity index (χ4v) is 1.48. The normalized spacial score (nSPS) is 28.7. The molecule has 2 unspecified atom stereocenters. The number of carbonyl (C=O) groups excluding carboxylic acids is 2. The van der Waals surface area contributed by atoms with Crippen LogP contribution in [0.3, 0.4) is 0 Å². The molecule has 4 heteroatoms. The number of aliphatic hydroxyl groups is 1. The smallest absolute Gasteiger partial charge is 0.232 e. The van der Waals surface area contributed by atoms with Crippen molar-refractivity contribution in [2.75, 3.05) is 13.2 Å². The Morgan fingerprint density at radius 3 is 2.08 bits per heavy atom. The van der Waals surface area contributed by atoms with Crippen LogP contribution in [0.15, 0.2) is 0 Å². The summed E-state index contributed by atoms with van der Waals surface area (Å²) >= 11 is 0. The van der Waals surface area contributed by atoms with Gasteiger partial charge in [-0.25, -0.2) is 0 Å². The van der Waals surface area contributed by atoms with Crippen molar-refractivity contribution in [2.24, 2.45) is 11.8 Å². The lowest BCUT2D eigenvalue weighted by atomic mass is 10.00. The Hall–Kier alpha value is -0.900. The molecular formula is C9H15NO3. The molecule has 1 saturated heterocycles. The van der Waals surface area contributed by atoms with Crippen LogP contribution in [0, 0.1) is 11.8 Å². The Labute approximate surface area is 77.5 Å². The topological polar surface area (TPSA) is 57.6 Å². The number of nitrogens with zero attached hydrogens (tertiary/aromatic N) is 1. The van der Waals surface area contributed by atoms with E-state index in [4.69, 9.17) is 5.11 Å². The number of aliphatic hydroxyl groups excluding tert-OH is 1. The minimum Gasteiger partial charge on any atom is -0.396 e. The summed E-state index contributed by atoms with van der Waals surface area (Å²) in [6.07, 6.45) is 0.469. The molecule has 13 heavy (non-hydrogen) atoms. The van der Waals surface area contributed by atoms with E-state index in [0.29, 0.717) is 13.0 Å². The van der Waals surface area contributed by atoms with Gasteiger partial charge in [0, 0.05) is 25.0 Å². The SMILES string of the molecule is CC1C(=O)N(CCCO)C(=O)C1C. The Morgan fingerprint density at radius 1 is 1.23 bits per heavy atom. The predicted molar refractivity (Wildman–Crippen MR) is 46.8 cm³/mol. The molecule has 1 aliphatic rings. The fourth-order valence-electron chi connectivity index (χ4n) is 1.48. The highest BCUT2D eigenvalue weighted by Crippen LogP contribution is 2.25. The third-order valence-electron chi connectivity index (χ3n) is 2.60. The molecule has 0 bridgehead atoms. The van der Waals surface area contributed by atoms with Crippen LogP contribution in [-0.2, 0) is 9.59 Å². The minimum atomic E-state index is -0.203. The second-order valence-corrected chi connectivity index (χ2v) is 3.48. The maximum atomic E-state index is 11.5. The fraction of sp³-hybridized carbons (Fsp3) is 0.778. The summed E-state index contributed by atoms with van der Waals surface area (Å²) in [6.45, 7) is 3.90. The number of hydrogen-bond acceptors (Lipinski definition) is 3. The first-order chi connectivity index (χ1) is 6.09. The molecule has 1 fully saturated rings. The lowest BCUT2D eigenvalue weighted by Gasteiger charge is -2.12. The molecule has 4 nitrogen and oxygen atoms in total. The van der Waals surface area contributed by atoms with Crippen molar-refractivity contribution >= 4 is 11.8 Å². The quantitative estimate of drug-likeness (QED) is 0.630. The molecule has 0 spiro atoms. The highest BCUT2D eigenvalue weighted by molar-refractivity contribution is 6.04. The highest BCUT2D eigenvalue weighted by Gasteiger charge is 2.41. The van der Waals surface area contributed by atoms with Crippen LogP contribution in [0.4, 0.5) is 0 Å². The van der Waals surface area contributed by atoms with Gasteiger partial charge in [-0.1, -0.05) is 13.8 Å². The summed E-state index contributed by atoms with van der Waals surface area (Å²) in [6, 6.07) is 0. The summed E-state index contributed by atoms with van der Waals surface area (Å²) in [4.78, 5) is 24.2. The van der Waals surface area contributed by atoms with Crippen LogP contribution >= 0.6 is 0 Å².